The number of allylic oxidation sites excluding steroid dienone is 2. The summed E-state index contributed by atoms with van der Waals surface area (Å²) in [5.74, 6) is 1.30. The predicted molar refractivity (Wildman–Crippen MR) is 93.6 cm³/mol. The molecule has 1 atom stereocenters. The third-order valence-corrected chi connectivity index (χ3v) is 4.51. The molecule has 0 radical (unpaired) electrons. The Morgan fingerprint density at radius 2 is 1.45 bits per heavy atom. The lowest BCUT2D eigenvalue weighted by Crippen LogP contribution is -2.12. The van der Waals surface area contributed by atoms with E-state index in [0.29, 0.717) is 5.92 Å². The number of esters is 1. The van der Waals surface area contributed by atoms with Crippen LogP contribution in [0.4, 0.5) is 0 Å². The minimum atomic E-state index is -0.0867. The number of carbonyl (C=O) groups excluding carboxylic acids is 1. The van der Waals surface area contributed by atoms with Crippen LogP contribution in [0.1, 0.15) is 97.8 Å². The molecule has 0 N–H and O–H groups in total. The minimum absolute atomic E-state index is 0.0483. The molecule has 0 bridgehead atoms. The molecule has 1 aliphatic rings. The first kappa shape index (κ1) is 19.3. The summed E-state index contributed by atoms with van der Waals surface area (Å²) in [4.78, 5) is 11.9. The largest absolute Gasteiger partial charge is 0.431 e. The van der Waals surface area contributed by atoms with Gasteiger partial charge in [-0.25, -0.2) is 0 Å². The average Bonchev–Trinajstić information content (AvgIpc) is 2.47. The molecule has 1 rings (SSSR count). The van der Waals surface area contributed by atoms with Gasteiger partial charge in [-0.05, 0) is 24.8 Å². The van der Waals surface area contributed by atoms with Crippen LogP contribution < -0.4 is 0 Å². The van der Waals surface area contributed by atoms with Crippen LogP contribution in [-0.4, -0.2) is 5.97 Å². The first-order chi connectivity index (χ1) is 10.6. The first-order valence-corrected chi connectivity index (χ1v) is 9.52. The Balaban J connectivity index is 2.56. The van der Waals surface area contributed by atoms with Gasteiger partial charge in [0.1, 0.15) is 5.76 Å². The van der Waals surface area contributed by atoms with Gasteiger partial charge in [0.25, 0.3) is 0 Å². The van der Waals surface area contributed by atoms with Crippen LogP contribution in [0.15, 0.2) is 11.8 Å². The van der Waals surface area contributed by atoms with Gasteiger partial charge in [0.15, 0.2) is 0 Å². The van der Waals surface area contributed by atoms with Crippen molar-refractivity contribution in [2.24, 2.45) is 11.8 Å². The Kier molecular flexibility index (Phi) is 10.3. The Labute approximate surface area is 137 Å². The molecule has 0 heterocycles. The lowest BCUT2D eigenvalue weighted by molar-refractivity contribution is -0.143. The Morgan fingerprint density at radius 3 is 2.00 bits per heavy atom. The van der Waals surface area contributed by atoms with Crippen LogP contribution in [0.25, 0.3) is 0 Å². The van der Waals surface area contributed by atoms with Crippen molar-refractivity contribution in [3.8, 4) is 0 Å². The highest BCUT2D eigenvalue weighted by Gasteiger charge is 2.13. The van der Waals surface area contributed by atoms with Crippen LogP contribution in [0.2, 0.25) is 0 Å². The van der Waals surface area contributed by atoms with Crippen molar-refractivity contribution < 1.29 is 9.53 Å². The average molecular weight is 309 g/mol. The lowest BCUT2D eigenvalue weighted by Gasteiger charge is -2.13. The molecule has 0 aromatic heterocycles. The lowest BCUT2D eigenvalue weighted by atomic mass is 10.0. The summed E-state index contributed by atoms with van der Waals surface area (Å²) >= 11 is 0. The molecule has 0 spiro atoms. The summed E-state index contributed by atoms with van der Waals surface area (Å²) < 4.78 is 5.63. The number of hydrogen-bond donors (Lipinski definition) is 0. The van der Waals surface area contributed by atoms with Crippen LogP contribution >= 0.6 is 0 Å². The zero-order valence-electron chi connectivity index (χ0n) is 15.0. The van der Waals surface area contributed by atoms with Gasteiger partial charge in [0.05, 0.1) is 5.92 Å². The highest BCUT2D eigenvalue weighted by atomic mass is 16.5. The van der Waals surface area contributed by atoms with Gasteiger partial charge in [-0.2, -0.15) is 0 Å². The van der Waals surface area contributed by atoms with Gasteiger partial charge in [-0.3, -0.25) is 4.79 Å². The van der Waals surface area contributed by atoms with E-state index in [4.69, 9.17) is 4.74 Å². The van der Waals surface area contributed by atoms with E-state index in [1.807, 2.05) is 13.8 Å². The van der Waals surface area contributed by atoms with E-state index in [0.717, 1.165) is 18.6 Å². The summed E-state index contributed by atoms with van der Waals surface area (Å²) in [6.07, 6.45) is 17.6. The summed E-state index contributed by atoms with van der Waals surface area (Å²) in [5, 5.41) is 0. The number of ether oxygens (including phenoxy) is 1. The fourth-order valence-corrected chi connectivity index (χ4v) is 3.00. The van der Waals surface area contributed by atoms with Crippen molar-refractivity contribution in [3.05, 3.63) is 11.8 Å². The molecule has 1 aliphatic carbocycles. The normalized spacial score (nSPS) is 25.6. The second kappa shape index (κ2) is 11.7. The molecular formula is C20H36O2. The minimum Gasteiger partial charge on any atom is -0.431 e. The summed E-state index contributed by atoms with van der Waals surface area (Å²) in [6, 6.07) is 0. The van der Waals surface area contributed by atoms with E-state index in [1.54, 1.807) is 0 Å². The van der Waals surface area contributed by atoms with Crippen molar-refractivity contribution in [1.82, 2.24) is 0 Å². The number of carbonyl (C=O) groups is 1. The predicted octanol–water partition coefficient (Wildman–Crippen LogP) is 6.40. The zero-order valence-corrected chi connectivity index (χ0v) is 15.0. The summed E-state index contributed by atoms with van der Waals surface area (Å²) in [6.45, 7) is 6.05. The van der Waals surface area contributed by atoms with Crippen molar-refractivity contribution in [2.75, 3.05) is 0 Å². The van der Waals surface area contributed by atoms with Crippen LogP contribution in [0, 0.1) is 11.8 Å². The molecule has 0 aliphatic heterocycles. The highest BCUT2D eigenvalue weighted by molar-refractivity contribution is 5.72. The van der Waals surface area contributed by atoms with E-state index >= 15 is 0 Å². The van der Waals surface area contributed by atoms with E-state index in [-0.39, 0.29) is 11.9 Å². The molecule has 0 unspecified atom stereocenters. The Morgan fingerprint density at radius 1 is 0.955 bits per heavy atom. The molecule has 128 valence electrons. The second-order valence-electron chi connectivity index (χ2n) is 7.26. The van der Waals surface area contributed by atoms with Gasteiger partial charge < -0.3 is 4.74 Å². The number of hydrogen-bond acceptors (Lipinski definition) is 2. The van der Waals surface area contributed by atoms with Crippen molar-refractivity contribution >= 4 is 5.97 Å². The maximum atomic E-state index is 11.9. The molecule has 0 aromatic carbocycles. The Hall–Kier alpha value is -0.790. The van der Waals surface area contributed by atoms with Gasteiger partial charge in [0, 0.05) is 6.42 Å². The van der Waals surface area contributed by atoms with Gasteiger partial charge in [-0.15, -0.1) is 0 Å². The van der Waals surface area contributed by atoms with Crippen LogP contribution in [-0.2, 0) is 9.53 Å². The zero-order chi connectivity index (χ0) is 16.2. The molecule has 22 heavy (non-hydrogen) atoms. The molecule has 0 aromatic rings. The smallest absolute Gasteiger partial charge is 0.313 e. The maximum absolute atomic E-state index is 11.9. The second-order valence-corrected chi connectivity index (χ2v) is 7.26. The molecular weight excluding hydrogens is 272 g/mol. The molecule has 2 nitrogen and oxygen atoms in total. The van der Waals surface area contributed by atoms with Gasteiger partial charge >= 0.3 is 5.97 Å². The Bertz CT molecular complexity index is 331. The van der Waals surface area contributed by atoms with E-state index in [9.17, 15) is 4.79 Å². The monoisotopic (exact) mass is 308 g/mol. The van der Waals surface area contributed by atoms with Crippen molar-refractivity contribution in [3.63, 3.8) is 0 Å². The standard InChI is InChI=1S/C20H36O2/c1-17(2)20(21)22-19-15-13-11-9-7-5-4-6-8-10-12-14-18(3)16-19/h16-18H,4-15H2,1-3H3/b19-16+/t18-/m1/s1. The molecule has 0 saturated carbocycles. The molecule has 0 amide bonds. The van der Waals surface area contributed by atoms with Crippen LogP contribution in [0.3, 0.4) is 0 Å². The molecule has 0 fully saturated rings. The SMILES string of the molecule is CC(C)C(=O)O/C1=C/[C@H](C)CCCCCCCCCCCC1. The van der Waals surface area contributed by atoms with Crippen molar-refractivity contribution in [1.29, 1.82) is 0 Å². The maximum Gasteiger partial charge on any atom is 0.313 e. The summed E-state index contributed by atoms with van der Waals surface area (Å²) in [5.41, 5.74) is 0. The van der Waals surface area contributed by atoms with E-state index in [2.05, 4.69) is 13.0 Å². The van der Waals surface area contributed by atoms with E-state index in [1.165, 1.54) is 64.2 Å². The van der Waals surface area contributed by atoms with Crippen molar-refractivity contribution in [2.45, 2.75) is 97.8 Å². The topological polar surface area (TPSA) is 26.3 Å². The van der Waals surface area contributed by atoms with Crippen LogP contribution in [0.5, 0.6) is 0 Å². The van der Waals surface area contributed by atoms with E-state index < -0.39 is 0 Å². The highest BCUT2D eigenvalue weighted by Crippen LogP contribution is 2.21. The molecule has 2 heteroatoms. The van der Waals surface area contributed by atoms with Gasteiger partial charge in [-0.1, -0.05) is 78.6 Å². The third-order valence-electron chi connectivity index (χ3n) is 4.51. The molecule has 0 saturated heterocycles. The number of rotatable bonds is 2. The first-order valence-electron chi connectivity index (χ1n) is 9.52. The third kappa shape index (κ3) is 9.27. The fourth-order valence-electron chi connectivity index (χ4n) is 3.00. The fraction of sp³-hybridized carbons (Fsp3) is 0.850. The van der Waals surface area contributed by atoms with Gasteiger partial charge in [0.2, 0.25) is 0 Å². The summed E-state index contributed by atoms with van der Waals surface area (Å²) in [7, 11) is 0. The quantitative estimate of drug-likeness (QED) is 0.552.